The third-order valence-electron chi connectivity index (χ3n) is 1.53. The van der Waals surface area contributed by atoms with Gasteiger partial charge in [-0.1, -0.05) is 13.3 Å². The van der Waals surface area contributed by atoms with Crippen molar-refractivity contribution in [2.75, 3.05) is 13.2 Å². The summed E-state index contributed by atoms with van der Waals surface area (Å²) in [6.07, 6.45) is 1.84. The second-order valence-corrected chi connectivity index (χ2v) is 2.92. The van der Waals surface area contributed by atoms with Gasteiger partial charge in [-0.25, -0.2) is 0 Å². The van der Waals surface area contributed by atoms with Crippen molar-refractivity contribution in [3.05, 3.63) is 0 Å². The van der Waals surface area contributed by atoms with Crippen molar-refractivity contribution in [3.63, 3.8) is 0 Å². The summed E-state index contributed by atoms with van der Waals surface area (Å²) >= 11 is 0. The highest BCUT2D eigenvalue weighted by Crippen LogP contribution is 2.00. The first kappa shape index (κ1) is 11.9. The zero-order valence-corrected chi connectivity index (χ0v) is 8.25. The lowest BCUT2D eigenvalue weighted by Gasteiger charge is -2.17. The summed E-state index contributed by atoms with van der Waals surface area (Å²) < 4.78 is 10.6. The molecule has 0 aromatic heterocycles. The van der Waals surface area contributed by atoms with Crippen LogP contribution in [0.2, 0.25) is 0 Å². The minimum Gasteiger partial charge on any atom is -0.394 e. The Hall–Kier alpha value is -0.120. The second kappa shape index (κ2) is 7.53. The van der Waals surface area contributed by atoms with Crippen LogP contribution in [0.15, 0.2) is 0 Å². The Morgan fingerprint density at radius 1 is 1.33 bits per heavy atom. The third-order valence-corrected chi connectivity index (χ3v) is 1.53. The molecule has 0 saturated carbocycles. The van der Waals surface area contributed by atoms with Gasteiger partial charge in [0.25, 0.3) is 0 Å². The molecule has 0 aliphatic heterocycles. The molecule has 0 fully saturated rings. The maximum atomic E-state index is 8.67. The molecule has 1 unspecified atom stereocenters. The van der Waals surface area contributed by atoms with E-state index in [1.165, 1.54) is 0 Å². The summed E-state index contributed by atoms with van der Waals surface area (Å²) in [5.74, 6) is 0. The monoisotopic (exact) mass is 176 g/mol. The maximum absolute atomic E-state index is 8.67. The molecule has 12 heavy (non-hydrogen) atoms. The van der Waals surface area contributed by atoms with E-state index in [4.69, 9.17) is 14.6 Å². The van der Waals surface area contributed by atoms with Gasteiger partial charge < -0.3 is 14.6 Å². The summed E-state index contributed by atoms with van der Waals surface area (Å²) in [4.78, 5) is 0. The molecule has 0 radical (unpaired) electrons. The normalized spacial score (nSPS) is 16.0. The molecular formula is C9H20O3. The molecule has 3 nitrogen and oxygen atoms in total. The second-order valence-electron chi connectivity index (χ2n) is 2.92. The van der Waals surface area contributed by atoms with Gasteiger partial charge in [0.15, 0.2) is 6.29 Å². The van der Waals surface area contributed by atoms with E-state index in [2.05, 4.69) is 6.92 Å². The summed E-state index contributed by atoms with van der Waals surface area (Å²) in [5, 5.41) is 8.67. The lowest BCUT2D eigenvalue weighted by Crippen LogP contribution is -2.22. The van der Waals surface area contributed by atoms with Gasteiger partial charge in [0.05, 0.1) is 12.7 Å². The van der Waals surface area contributed by atoms with Gasteiger partial charge in [-0.3, -0.25) is 0 Å². The molecular weight excluding hydrogens is 156 g/mol. The van der Waals surface area contributed by atoms with E-state index in [-0.39, 0.29) is 19.0 Å². The largest absolute Gasteiger partial charge is 0.394 e. The van der Waals surface area contributed by atoms with Gasteiger partial charge >= 0.3 is 0 Å². The molecule has 0 aromatic carbocycles. The van der Waals surface area contributed by atoms with E-state index >= 15 is 0 Å². The van der Waals surface area contributed by atoms with Crippen molar-refractivity contribution < 1.29 is 14.6 Å². The number of aliphatic hydroxyl groups excluding tert-OH is 1. The molecule has 74 valence electrons. The molecule has 0 heterocycles. The van der Waals surface area contributed by atoms with Crippen LogP contribution in [0.4, 0.5) is 0 Å². The van der Waals surface area contributed by atoms with Crippen LogP contribution in [0.1, 0.15) is 33.6 Å². The smallest absolute Gasteiger partial charge is 0.155 e. The first-order valence-corrected chi connectivity index (χ1v) is 4.58. The lowest BCUT2D eigenvalue weighted by atomic mass is 10.4. The molecule has 0 bridgehead atoms. The van der Waals surface area contributed by atoms with E-state index in [0.29, 0.717) is 0 Å². The molecule has 0 aliphatic carbocycles. The summed E-state index contributed by atoms with van der Waals surface area (Å²) in [5.41, 5.74) is 0. The van der Waals surface area contributed by atoms with E-state index in [0.717, 1.165) is 19.4 Å². The topological polar surface area (TPSA) is 38.7 Å². The Kier molecular flexibility index (Phi) is 7.45. The summed E-state index contributed by atoms with van der Waals surface area (Å²) in [7, 11) is 0. The van der Waals surface area contributed by atoms with Crippen LogP contribution in [0.5, 0.6) is 0 Å². The van der Waals surface area contributed by atoms with E-state index < -0.39 is 0 Å². The Balaban J connectivity index is 3.26. The fraction of sp³-hybridized carbons (Fsp3) is 1.00. The third kappa shape index (κ3) is 6.58. The quantitative estimate of drug-likeness (QED) is 0.472. The Morgan fingerprint density at radius 3 is 2.50 bits per heavy atom. The molecule has 0 rings (SSSR count). The van der Waals surface area contributed by atoms with E-state index in [9.17, 15) is 0 Å². The van der Waals surface area contributed by atoms with Crippen LogP contribution < -0.4 is 0 Å². The highest BCUT2D eigenvalue weighted by Gasteiger charge is 2.06. The molecule has 0 saturated heterocycles. The van der Waals surface area contributed by atoms with Crippen LogP contribution in [0, 0.1) is 0 Å². The van der Waals surface area contributed by atoms with Crippen molar-refractivity contribution in [2.45, 2.75) is 46.0 Å². The molecule has 2 atom stereocenters. The van der Waals surface area contributed by atoms with Crippen molar-refractivity contribution in [2.24, 2.45) is 0 Å². The molecule has 0 aromatic rings. The highest BCUT2D eigenvalue weighted by atomic mass is 16.7. The van der Waals surface area contributed by atoms with Gasteiger partial charge in [-0.05, 0) is 20.3 Å². The minimum absolute atomic E-state index is 0.0431. The standard InChI is InChI=1S/C9H20O3/c1-4-5-6-11-9(3)12-8(2)7-10/h8-10H,4-7H2,1-3H3/t8-,9?/m1/s1. The van der Waals surface area contributed by atoms with Gasteiger partial charge in [-0.2, -0.15) is 0 Å². The minimum atomic E-state index is -0.210. The van der Waals surface area contributed by atoms with E-state index in [1.54, 1.807) is 0 Å². The van der Waals surface area contributed by atoms with Gasteiger partial charge in [0.2, 0.25) is 0 Å². The van der Waals surface area contributed by atoms with Gasteiger partial charge in [-0.15, -0.1) is 0 Å². The molecule has 0 spiro atoms. The summed E-state index contributed by atoms with van der Waals surface area (Å²) in [6.45, 7) is 6.56. The number of ether oxygens (including phenoxy) is 2. The predicted molar refractivity (Wildman–Crippen MR) is 48.0 cm³/mol. The number of hydrogen-bond donors (Lipinski definition) is 1. The average molecular weight is 176 g/mol. The van der Waals surface area contributed by atoms with Gasteiger partial charge in [0.1, 0.15) is 0 Å². The first-order chi connectivity index (χ1) is 5.70. The number of unbranched alkanes of at least 4 members (excludes halogenated alkanes) is 1. The van der Waals surface area contributed by atoms with Crippen LogP contribution in [-0.2, 0) is 9.47 Å². The van der Waals surface area contributed by atoms with Crippen LogP contribution in [-0.4, -0.2) is 30.7 Å². The van der Waals surface area contributed by atoms with Crippen LogP contribution >= 0.6 is 0 Å². The average Bonchev–Trinajstić information content (AvgIpc) is 2.05. The fourth-order valence-electron chi connectivity index (χ4n) is 0.803. The van der Waals surface area contributed by atoms with Crippen LogP contribution in [0.3, 0.4) is 0 Å². The first-order valence-electron chi connectivity index (χ1n) is 4.58. The van der Waals surface area contributed by atoms with Crippen molar-refractivity contribution in [1.82, 2.24) is 0 Å². The van der Waals surface area contributed by atoms with E-state index in [1.807, 2.05) is 13.8 Å². The Morgan fingerprint density at radius 2 is 2.00 bits per heavy atom. The zero-order chi connectivity index (χ0) is 9.40. The Bertz CT molecular complexity index is 95.8. The van der Waals surface area contributed by atoms with Crippen LogP contribution in [0.25, 0.3) is 0 Å². The molecule has 1 N–H and O–H groups in total. The maximum Gasteiger partial charge on any atom is 0.155 e. The summed E-state index contributed by atoms with van der Waals surface area (Å²) in [6, 6.07) is 0. The SMILES string of the molecule is CCCCOC(C)O[C@H](C)CO. The Labute approximate surface area is 74.7 Å². The molecule has 0 amide bonds. The fourth-order valence-corrected chi connectivity index (χ4v) is 0.803. The zero-order valence-electron chi connectivity index (χ0n) is 8.25. The molecule has 0 aliphatic rings. The highest BCUT2D eigenvalue weighted by molar-refractivity contribution is 4.45. The molecule has 3 heteroatoms. The van der Waals surface area contributed by atoms with Crippen molar-refractivity contribution in [3.8, 4) is 0 Å². The lowest BCUT2D eigenvalue weighted by molar-refractivity contribution is -0.163. The number of hydrogen-bond acceptors (Lipinski definition) is 3. The van der Waals surface area contributed by atoms with Crippen molar-refractivity contribution >= 4 is 0 Å². The number of rotatable bonds is 7. The van der Waals surface area contributed by atoms with Crippen molar-refractivity contribution in [1.29, 1.82) is 0 Å². The predicted octanol–water partition coefficient (Wildman–Crippen LogP) is 1.55. The number of aliphatic hydroxyl groups is 1. The van der Waals surface area contributed by atoms with Gasteiger partial charge in [0, 0.05) is 6.61 Å².